The van der Waals surface area contributed by atoms with Crippen molar-refractivity contribution < 1.29 is 0 Å². The summed E-state index contributed by atoms with van der Waals surface area (Å²) in [5.41, 5.74) is 0. The van der Waals surface area contributed by atoms with E-state index >= 15 is 0 Å². The van der Waals surface area contributed by atoms with Crippen molar-refractivity contribution in [2.45, 2.75) is 13.0 Å². The summed E-state index contributed by atoms with van der Waals surface area (Å²) in [6.45, 7) is 1.90. The van der Waals surface area contributed by atoms with Gasteiger partial charge in [-0.05, 0) is 13.0 Å². The SMILES string of the molecule is CC1N=C(Cl)C=C1Cl. The maximum Gasteiger partial charge on any atom is 0.125 e. The first-order valence-corrected chi connectivity index (χ1v) is 3.06. The Hall–Kier alpha value is -0.0100. The number of allylic oxidation sites excluding steroid dienone is 1. The van der Waals surface area contributed by atoms with E-state index in [0.29, 0.717) is 5.17 Å². The van der Waals surface area contributed by atoms with Gasteiger partial charge in [-0.3, -0.25) is 4.99 Å². The molecule has 1 rings (SSSR count). The summed E-state index contributed by atoms with van der Waals surface area (Å²) >= 11 is 11.1. The molecule has 0 N–H and O–H groups in total. The van der Waals surface area contributed by atoms with Crippen molar-refractivity contribution in [3.05, 3.63) is 11.1 Å². The van der Waals surface area contributed by atoms with Crippen LogP contribution in [0.15, 0.2) is 16.1 Å². The molecule has 1 heterocycles. The van der Waals surface area contributed by atoms with Crippen molar-refractivity contribution in [1.82, 2.24) is 0 Å². The first-order chi connectivity index (χ1) is 3.70. The molecule has 44 valence electrons. The van der Waals surface area contributed by atoms with Gasteiger partial charge in [0.1, 0.15) is 5.17 Å². The molecule has 0 aromatic rings. The predicted octanol–water partition coefficient (Wildman–Crippen LogP) is 2.15. The van der Waals surface area contributed by atoms with Crippen LogP contribution in [-0.2, 0) is 0 Å². The summed E-state index contributed by atoms with van der Waals surface area (Å²) in [5, 5.41) is 1.22. The van der Waals surface area contributed by atoms with Crippen LogP contribution in [0.5, 0.6) is 0 Å². The lowest BCUT2D eigenvalue weighted by Crippen LogP contribution is -1.90. The molecule has 0 saturated heterocycles. The Morgan fingerprint density at radius 1 is 1.62 bits per heavy atom. The van der Waals surface area contributed by atoms with E-state index in [1.54, 1.807) is 6.08 Å². The minimum Gasteiger partial charge on any atom is -0.264 e. The molecule has 0 radical (unpaired) electrons. The fourth-order valence-corrected chi connectivity index (χ4v) is 0.990. The number of halogens is 2. The van der Waals surface area contributed by atoms with Gasteiger partial charge in [0.05, 0.1) is 6.04 Å². The first-order valence-electron chi connectivity index (χ1n) is 2.30. The van der Waals surface area contributed by atoms with Crippen molar-refractivity contribution >= 4 is 28.4 Å². The third-order valence-corrected chi connectivity index (χ3v) is 1.60. The first kappa shape index (κ1) is 6.12. The van der Waals surface area contributed by atoms with E-state index in [4.69, 9.17) is 23.2 Å². The number of rotatable bonds is 0. The molecule has 1 nitrogen and oxygen atoms in total. The van der Waals surface area contributed by atoms with Crippen LogP contribution in [0.3, 0.4) is 0 Å². The lowest BCUT2D eigenvalue weighted by Gasteiger charge is -1.92. The van der Waals surface area contributed by atoms with Crippen LogP contribution >= 0.6 is 23.2 Å². The number of nitrogens with zero attached hydrogens (tertiary/aromatic N) is 1. The summed E-state index contributed by atoms with van der Waals surface area (Å²) in [4.78, 5) is 3.93. The molecule has 8 heavy (non-hydrogen) atoms. The van der Waals surface area contributed by atoms with E-state index < -0.39 is 0 Å². The van der Waals surface area contributed by atoms with Gasteiger partial charge in [0.25, 0.3) is 0 Å². The molecule has 0 bridgehead atoms. The Labute approximate surface area is 58.0 Å². The maximum atomic E-state index is 5.62. The largest absolute Gasteiger partial charge is 0.264 e. The number of hydrogen-bond donors (Lipinski definition) is 0. The lowest BCUT2D eigenvalue weighted by atomic mass is 10.4. The third-order valence-electron chi connectivity index (χ3n) is 0.973. The quantitative estimate of drug-likeness (QED) is 0.501. The fourth-order valence-electron chi connectivity index (χ4n) is 0.518. The van der Waals surface area contributed by atoms with Gasteiger partial charge in [-0.15, -0.1) is 0 Å². The highest BCUT2D eigenvalue weighted by Crippen LogP contribution is 2.18. The molecule has 0 saturated carbocycles. The van der Waals surface area contributed by atoms with Crippen LogP contribution in [0, 0.1) is 0 Å². The van der Waals surface area contributed by atoms with Gasteiger partial charge in [0, 0.05) is 5.03 Å². The van der Waals surface area contributed by atoms with Gasteiger partial charge in [-0.25, -0.2) is 0 Å². The highest BCUT2D eigenvalue weighted by Gasteiger charge is 2.11. The highest BCUT2D eigenvalue weighted by molar-refractivity contribution is 6.69. The predicted molar refractivity (Wildman–Crippen MR) is 36.7 cm³/mol. The average Bonchev–Trinajstić information content (AvgIpc) is 1.85. The molecule has 1 atom stereocenters. The zero-order valence-corrected chi connectivity index (χ0v) is 5.87. The smallest absolute Gasteiger partial charge is 0.125 e. The van der Waals surface area contributed by atoms with Crippen molar-refractivity contribution in [2.24, 2.45) is 4.99 Å². The van der Waals surface area contributed by atoms with Gasteiger partial charge in [-0.2, -0.15) is 0 Å². The number of hydrogen-bond acceptors (Lipinski definition) is 1. The second-order valence-electron chi connectivity index (χ2n) is 1.66. The minimum absolute atomic E-state index is 0.0733. The minimum atomic E-state index is 0.0733. The van der Waals surface area contributed by atoms with Crippen LogP contribution in [0.4, 0.5) is 0 Å². The molecular formula is C5H5Cl2N. The van der Waals surface area contributed by atoms with E-state index in [-0.39, 0.29) is 6.04 Å². The van der Waals surface area contributed by atoms with Crippen LogP contribution in [0.2, 0.25) is 0 Å². The molecule has 0 fully saturated rings. The lowest BCUT2D eigenvalue weighted by molar-refractivity contribution is 0.932. The second kappa shape index (κ2) is 2.08. The van der Waals surface area contributed by atoms with Gasteiger partial charge in [0.2, 0.25) is 0 Å². The monoisotopic (exact) mass is 149 g/mol. The molecule has 1 aliphatic rings. The molecule has 0 aromatic heterocycles. The van der Waals surface area contributed by atoms with E-state index in [2.05, 4.69) is 4.99 Å². The maximum absolute atomic E-state index is 5.62. The molecule has 1 aliphatic heterocycles. The van der Waals surface area contributed by atoms with Crippen molar-refractivity contribution in [3.63, 3.8) is 0 Å². The fraction of sp³-hybridized carbons (Fsp3) is 0.400. The van der Waals surface area contributed by atoms with Gasteiger partial charge >= 0.3 is 0 Å². The molecule has 0 spiro atoms. The third kappa shape index (κ3) is 1.04. The van der Waals surface area contributed by atoms with Crippen molar-refractivity contribution in [3.8, 4) is 0 Å². The highest BCUT2D eigenvalue weighted by atomic mass is 35.5. The molecule has 1 unspecified atom stereocenters. The summed E-state index contributed by atoms with van der Waals surface area (Å²) < 4.78 is 0. The van der Waals surface area contributed by atoms with Crippen molar-refractivity contribution in [2.75, 3.05) is 0 Å². The van der Waals surface area contributed by atoms with E-state index in [0.717, 1.165) is 5.03 Å². The van der Waals surface area contributed by atoms with Gasteiger partial charge in [0.15, 0.2) is 0 Å². The summed E-state index contributed by atoms with van der Waals surface area (Å²) in [6.07, 6.45) is 1.66. The number of aliphatic imine (C=N–C) groups is 1. The molecular weight excluding hydrogens is 145 g/mol. The molecule has 0 aromatic carbocycles. The normalized spacial score (nSPS) is 27.6. The van der Waals surface area contributed by atoms with Gasteiger partial charge < -0.3 is 0 Å². The standard InChI is InChI=1S/C5H5Cl2N/c1-3-4(6)2-5(7)8-3/h2-3H,1H3. The molecule has 0 aliphatic carbocycles. The van der Waals surface area contributed by atoms with E-state index in [9.17, 15) is 0 Å². The molecule has 0 amide bonds. The van der Waals surface area contributed by atoms with Crippen LogP contribution in [-0.4, -0.2) is 11.2 Å². The average molecular weight is 150 g/mol. The van der Waals surface area contributed by atoms with E-state index in [1.807, 2.05) is 6.92 Å². The Balaban J connectivity index is 2.78. The van der Waals surface area contributed by atoms with Crippen molar-refractivity contribution in [1.29, 1.82) is 0 Å². The van der Waals surface area contributed by atoms with Crippen LogP contribution < -0.4 is 0 Å². The summed E-state index contributed by atoms with van der Waals surface area (Å²) in [5.74, 6) is 0. The Bertz CT molecular complexity index is 160. The molecule has 3 heteroatoms. The van der Waals surface area contributed by atoms with E-state index in [1.165, 1.54) is 0 Å². The zero-order valence-electron chi connectivity index (χ0n) is 4.36. The Kier molecular flexibility index (Phi) is 1.59. The van der Waals surface area contributed by atoms with Gasteiger partial charge in [-0.1, -0.05) is 23.2 Å². The van der Waals surface area contributed by atoms with Crippen LogP contribution in [0.1, 0.15) is 6.92 Å². The summed E-state index contributed by atoms with van der Waals surface area (Å²) in [7, 11) is 0. The second-order valence-corrected chi connectivity index (χ2v) is 2.48. The zero-order chi connectivity index (χ0) is 6.15. The topological polar surface area (TPSA) is 12.4 Å². The summed E-state index contributed by atoms with van der Waals surface area (Å²) in [6, 6.07) is 0.0733. The Morgan fingerprint density at radius 3 is 2.38 bits per heavy atom. The Morgan fingerprint density at radius 2 is 2.25 bits per heavy atom. The van der Waals surface area contributed by atoms with Crippen LogP contribution in [0.25, 0.3) is 0 Å².